The van der Waals surface area contributed by atoms with Gasteiger partial charge in [0.2, 0.25) is 5.91 Å². The third-order valence-corrected chi connectivity index (χ3v) is 4.01. The second kappa shape index (κ2) is 5.69. The molecule has 1 aliphatic heterocycles. The summed E-state index contributed by atoms with van der Waals surface area (Å²) in [6.45, 7) is 0.566. The van der Waals surface area contributed by atoms with Gasteiger partial charge in [-0.1, -0.05) is 15.9 Å². The van der Waals surface area contributed by atoms with Gasteiger partial charge in [-0.05, 0) is 24.1 Å². The minimum absolute atomic E-state index is 0.0214. The normalized spacial score (nSPS) is 18.8. The van der Waals surface area contributed by atoms with Crippen LogP contribution >= 0.6 is 15.9 Å². The van der Waals surface area contributed by atoms with Crippen molar-refractivity contribution in [3.8, 4) is 0 Å². The first-order chi connectivity index (χ1) is 9.06. The first-order valence-corrected chi connectivity index (χ1v) is 6.93. The molecule has 0 bridgehead atoms. The number of hydrogen-bond donors (Lipinski definition) is 0. The van der Waals surface area contributed by atoms with Crippen molar-refractivity contribution in [2.24, 2.45) is 5.92 Å². The number of carbonyl (C=O) groups is 2. The molecule has 1 saturated heterocycles. The number of amides is 1. The SMILES string of the molecule is COC(=O)c1cc(N2CC(CBr)CC2=O)ccc1F. The van der Waals surface area contributed by atoms with Crippen LogP contribution in [0.2, 0.25) is 0 Å². The van der Waals surface area contributed by atoms with E-state index in [4.69, 9.17) is 0 Å². The number of hydrogen-bond acceptors (Lipinski definition) is 3. The first kappa shape index (κ1) is 14.0. The number of esters is 1. The molecule has 0 aliphatic carbocycles. The fraction of sp³-hybridized carbons (Fsp3) is 0.385. The Labute approximate surface area is 118 Å². The van der Waals surface area contributed by atoms with Crippen molar-refractivity contribution < 1.29 is 18.7 Å². The molecule has 0 radical (unpaired) electrons. The van der Waals surface area contributed by atoms with Crippen molar-refractivity contribution >= 4 is 33.5 Å². The zero-order valence-corrected chi connectivity index (χ0v) is 11.9. The fourth-order valence-electron chi connectivity index (χ4n) is 2.08. The highest BCUT2D eigenvalue weighted by molar-refractivity contribution is 9.09. The van der Waals surface area contributed by atoms with Crippen LogP contribution in [-0.4, -0.2) is 30.9 Å². The maximum atomic E-state index is 13.5. The van der Waals surface area contributed by atoms with Gasteiger partial charge in [0.1, 0.15) is 5.82 Å². The molecule has 1 unspecified atom stereocenters. The highest BCUT2D eigenvalue weighted by Crippen LogP contribution is 2.27. The van der Waals surface area contributed by atoms with E-state index in [0.29, 0.717) is 18.7 Å². The Kier molecular flexibility index (Phi) is 4.19. The van der Waals surface area contributed by atoms with E-state index in [2.05, 4.69) is 20.7 Å². The molecule has 0 N–H and O–H groups in total. The Hall–Kier alpha value is -1.43. The summed E-state index contributed by atoms with van der Waals surface area (Å²) in [6, 6.07) is 4.03. The number of anilines is 1. The summed E-state index contributed by atoms with van der Waals surface area (Å²) in [6.07, 6.45) is 0.455. The number of carbonyl (C=O) groups excluding carboxylic acids is 2. The Morgan fingerprint density at radius 2 is 2.32 bits per heavy atom. The molecular formula is C13H13BrFNO3. The second-order valence-electron chi connectivity index (χ2n) is 4.38. The van der Waals surface area contributed by atoms with Crippen LogP contribution in [0, 0.1) is 11.7 Å². The van der Waals surface area contributed by atoms with Crippen LogP contribution < -0.4 is 4.90 Å². The topological polar surface area (TPSA) is 46.6 Å². The summed E-state index contributed by atoms with van der Waals surface area (Å²) < 4.78 is 18.0. The largest absolute Gasteiger partial charge is 0.465 e. The second-order valence-corrected chi connectivity index (χ2v) is 5.03. The van der Waals surface area contributed by atoms with Crippen molar-refractivity contribution in [3.63, 3.8) is 0 Å². The number of nitrogens with zero attached hydrogens (tertiary/aromatic N) is 1. The minimum Gasteiger partial charge on any atom is -0.465 e. The summed E-state index contributed by atoms with van der Waals surface area (Å²) in [5.74, 6) is -1.19. The Balaban J connectivity index is 2.31. The zero-order valence-electron chi connectivity index (χ0n) is 10.4. The molecular weight excluding hydrogens is 317 g/mol. The standard InChI is InChI=1S/C13H13BrFNO3/c1-19-13(18)10-5-9(2-3-11(10)15)16-7-8(6-14)4-12(16)17/h2-3,5,8H,4,6-7H2,1H3. The molecule has 1 amide bonds. The number of benzene rings is 1. The lowest BCUT2D eigenvalue weighted by Gasteiger charge is -2.17. The summed E-state index contributed by atoms with van der Waals surface area (Å²) in [4.78, 5) is 24.9. The molecule has 1 aromatic rings. The molecule has 1 aliphatic rings. The fourth-order valence-corrected chi connectivity index (χ4v) is 2.52. The van der Waals surface area contributed by atoms with Gasteiger partial charge in [-0.25, -0.2) is 9.18 Å². The predicted molar refractivity (Wildman–Crippen MR) is 72.0 cm³/mol. The molecule has 1 aromatic carbocycles. The number of halogens is 2. The van der Waals surface area contributed by atoms with Crippen LogP contribution in [-0.2, 0) is 9.53 Å². The predicted octanol–water partition coefficient (Wildman–Crippen LogP) is 2.36. The first-order valence-electron chi connectivity index (χ1n) is 5.81. The maximum Gasteiger partial charge on any atom is 0.340 e. The van der Waals surface area contributed by atoms with E-state index in [0.717, 1.165) is 5.33 Å². The van der Waals surface area contributed by atoms with E-state index in [1.165, 1.54) is 25.3 Å². The quantitative estimate of drug-likeness (QED) is 0.631. The molecule has 0 aromatic heterocycles. The van der Waals surface area contributed by atoms with Gasteiger partial charge in [-0.15, -0.1) is 0 Å². The molecule has 6 heteroatoms. The van der Waals surface area contributed by atoms with Crippen LogP contribution in [0.4, 0.5) is 10.1 Å². The molecule has 0 spiro atoms. The molecule has 1 atom stereocenters. The number of rotatable bonds is 3. The van der Waals surface area contributed by atoms with Crippen LogP contribution in [0.15, 0.2) is 18.2 Å². The van der Waals surface area contributed by atoms with Gasteiger partial charge >= 0.3 is 5.97 Å². The Bertz CT molecular complexity index is 521. The Morgan fingerprint density at radius 1 is 1.58 bits per heavy atom. The van der Waals surface area contributed by atoms with Crippen LogP contribution in [0.3, 0.4) is 0 Å². The van der Waals surface area contributed by atoms with Crippen LogP contribution in [0.1, 0.15) is 16.8 Å². The van der Waals surface area contributed by atoms with Gasteiger partial charge in [-0.3, -0.25) is 4.79 Å². The van der Waals surface area contributed by atoms with E-state index in [1.807, 2.05) is 0 Å². The van der Waals surface area contributed by atoms with Gasteiger partial charge in [0, 0.05) is 24.0 Å². The van der Waals surface area contributed by atoms with Crippen molar-refractivity contribution in [1.82, 2.24) is 0 Å². The minimum atomic E-state index is -0.747. The smallest absolute Gasteiger partial charge is 0.340 e. The van der Waals surface area contributed by atoms with Crippen molar-refractivity contribution in [2.45, 2.75) is 6.42 Å². The van der Waals surface area contributed by atoms with Crippen molar-refractivity contribution in [1.29, 1.82) is 0 Å². The average molecular weight is 330 g/mol. The van der Waals surface area contributed by atoms with Crippen LogP contribution in [0.5, 0.6) is 0 Å². The lowest BCUT2D eigenvalue weighted by molar-refractivity contribution is -0.117. The highest BCUT2D eigenvalue weighted by atomic mass is 79.9. The molecule has 1 fully saturated rings. The summed E-state index contributed by atoms with van der Waals surface area (Å²) in [7, 11) is 1.19. The summed E-state index contributed by atoms with van der Waals surface area (Å²) in [5, 5.41) is 0.736. The van der Waals surface area contributed by atoms with Crippen LogP contribution in [0.25, 0.3) is 0 Å². The number of alkyl halides is 1. The molecule has 102 valence electrons. The van der Waals surface area contributed by atoms with Gasteiger partial charge in [0.25, 0.3) is 0 Å². The summed E-state index contributed by atoms with van der Waals surface area (Å²) in [5.41, 5.74) is 0.366. The van der Waals surface area contributed by atoms with E-state index in [1.54, 1.807) is 4.90 Å². The molecule has 4 nitrogen and oxygen atoms in total. The van der Waals surface area contributed by atoms with Gasteiger partial charge in [0.05, 0.1) is 12.7 Å². The number of ether oxygens (including phenoxy) is 1. The van der Waals surface area contributed by atoms with Gasteiger partial charge in [0.15, 0.2) is 0 Å². The number of methoxy groups -OCH3 is 1. The van der Waals surface area contributed by atoms with Gasteiger partial charge < -0.3 is 9.64 Å². The molecule has 0 saturated carbocycles. The van der Waals surface area contributed by atoms with Gasteiger partial charge in [-0.2, -0.15) is 0 Å². The third kappa shape index (κ3) is 2.78. The Morgan fingerprint density at radius 3 is 2.89 bits per heavy atom. The van der Waals surface area contributed by atoms with E-state index >= 15 is 0 Å². The molecule has 1 heterocycles. The molecule has 2 rings (SSSR count). The lowest BCUT2D eigenvalue weighted by Crippen LogP contribution is -2.25. The zero-order chi connectivity index (χ0) is 14.0. The monoisotopic (exact) mass is 329 g/mol. The van der Waals surface area contributed by atoms with Crippen molar-refractivity contribution in [2.75, 3.05) is 23.9 Å². The lowest BCUT2D eigenvalue weighted by atomic mass is 10.1. The van der Waals surface area contributed by atoms with Crippen molar-refractivity contribution in [3.05, 3.63) is 29.6 Å². The van der Waals surface area contributed by atoms with E-state index in [-0.39, 0.29) is 17.4 Å². The summed E-state index contributed by atoms with van der Waals surface area (Å²) >= 11 is 3.35. The maximum absolute atomic E-state index is 13.5. The highest BCUT2D eigenvalue weighted by Gasteiger charge is 2.30. The molecule has 19 heavy (non-hydrogen) atoms. The average Bonchev–Trinajstić information content (AvgIpc) is 2.80. The third-order valence-electron chi connectivity index (χ3n) is 3.09. The van der Waals surface area contributed by atoms with E-state index < -0.39 is 11.8 Å². The van der Waals surface area contributed by atoms with E-state index in [9.17, 15) is 14.0 Å².